The quantitative estimate of drug-likeness (QED) is 0.125. The van der Waals surface area contributed by atoms with Gasteiger partial charge in [0.25, 0.3) is 0 Å². The lowest BCUT2D eigenvalue weighted by atomic mass is 10.0. The molecule has 0 bridgehead atoms. The second-order valence-electron chi connectivity index (χ2n) is 9.48. The predicted octanol–water partition coefficient (Wildman–Crippen LogP) is 8.09. The molecule has 10 heteroatoms. The highest BCUT2D eigenvalue weighted by Crippen LogP contribution is 2.35. The van der Waals surface area contributed by atoms with Crippen molar-refractivity contribution in [2.45, 2.75) is 27.3 Å². The predicted molar refractivity (Wildman–Crippen MR) is 181 cm³/mol. The van der Waals surface area contributed by atoms with Crippen molar-refractivity contribution in [3.05, 3.63) is 119 Å². The summed E-state index contributed by atoms with van der Waals surface area (Å²) >= 11 is 6.81. The van der Waals surface area contributed by atoms with Crippen molar-refractivity contribution in [3.63, 3.8) is 0 Å². The molecule has 0 aliphatic carbocycles. The lowest BCUT2D eigenvalue weighted by molar-refractivity contribution is 0.414. The molecule has 9 nitrogen and oxygen atoms in total. The van der Waals surface area contributed by atoms with Crippen LogP contribution in [0.5, 0.6) is 11.5 Å². The van der Waals surface area contributed by atoms with Crippen LogP contribution < -0.4 is 14.8 Å². The average Bonchev–Trinajstić information content (AvgIpc) is 3.49. The minimum Gasteiger partial charge on any atom is -0.497 e. The van der Waals surface area contributed by atoms with Crippen molar-refractivity contribution in [1.82, 2.24) is 14.5 Å². The molecule has 0 spiro atoms. The van der Waals surface area contributed by atoms with Crippen LogP contribution in [-0.2, 0) is 6.54 Å². The first kappa shape index (κ1) is 32.5. The topological polar surface area (TPSA) is 110 Å². The summed E-state index contributed by atoms with van der Waals surface area (Å²) in [4.78, 5) is 17.5. The van der Waals surface area contributed by atoms with Crippen LogP contribution >= 0.6 is 11.6 Å². The number of pyridine rings is 1. The molecule has 0 saturated carbocycles. The van der Waals surface area contributed by atoms with Crippen molar-refractivity contribution in [2.75, 3.05) is 19.1 Å². The van der Waals surface area contributed by atoms with Crippen LogP contribution in [-0.4, -0.2) is 40.9 Å². The SMILES string of the molecule is C=Nc1ncn(Cc2ccc(OC)cc2)c1/C(=N\CNc1ccc(C#N)cc1)Oc1c(C)cc(-c2ccncc2)cc1Cl.CC. The zero-order valence-corrected chi connectivity index (χ0v) is 26.4. The summed E-state index contributed by atoms with van der Waals surface area (Å²) in [5.74, 6) is 1.86. The fourth-order valence-corrected chi connectivity index (χ4v) is 4.75. The van der Waals surface area contributed by atoms with Crippen molar-refractivity contribution in [3.8, 4) is 28.7 Å². The Balaban J connectivity index is 0.00000226. The van der Waals surface area contributed by atoms with Gasteiger partial charge in [-0.05, 0) is 96.6 Å². The molecular formula is C35H34ClN7O2. The number of imidazole rings is 1. The molecule has 5 rings (SSSR count). The van der Waals surface area contributed by atoms with Crippen LogP contribution in [0.2, 0.25) is 5.02 Å². The molecule has 228 valence electrons. The van der Waals surface area contributed by atoms with Gasteiger partial charge in [-0.25, -0.2) is 15.0 Å². The van der Waals surface area contributed by atoms with E-state index in [1.165, 1.54) is 0 Å². The summed E-state index contributed by atoms with van der Waals surface area (Å²) in [6, 6.07) is 24.7. The summed E-state index contributed by atoms with van der Waals surface area (Å²) < 4.78 is 13.7. The van der Waals surface area contributed by atoms with E-state index in [0.29, 0.717) is 34.4 Å². The Kier molecular flexibility index (Phi) is 11.4. The molecule has 0 aliphatic heterocycles. The number of halogens is 1. The van der Waals surface area contributed by atoms with Crippen LogP contribution in [0.3, 0.4) is 0 Å². The summed E-state index contributed by atoms with van der Waals surface area (Å²) in [5, 5.41) is 12.8. The van der Waals surface area contributed by atoms with Gasteiger partial charge in [-0.1, -0.05) is 37.6 Å². The number of benzene rings is 3. The van der Waals surface area contributed by atoms with E-state index in [-0.39, 0.29) is 12.6 Å². The number of hydrogen-bond donors (Lipinski definition) is 1. The molecule has 2 aromatic heterocycles. The van der Waals surface area contributed by atoms with Crippen molar-refractivity contribution >= 4 is 35.7 Å². The van der Waals surface area contributed by atoms with Gasteiger partial charge in [0.2, 0.25) is 5.90 Å². The van der Waals surface area contributed by atoms with E-state index in [1.807, 2.05) is 86.0 Å². The fourth-order valence-electron chi connectivity index (χ4n) is 4.44. The zero-order valence-electron chi connectivity index (χ0n) is 25.7. The van der Waals surface area contributed by atoms with E-state index in [9.17, 15) is 0 Å². The number of methoxy groups -OCH3 is 1. The van der Waals surface area contributed by atoms with Gasteiger partial charge in [-0.15, -0.1) is 0 Å². The van der Waals surface area contributed by atoms with Gasteiger partial charge in [0.15, 0.2) is 17.3 Å². The first-order chi connectivity index (χ1) is 22.0. The molecule has 0 unspecified atom stereocenters. The number of anilines is 1. The summed E-state index contributed by atoms with van der Waals surface area (Å²) in [5.41, 5.74) is 5.68. The Hall–Kier alpha value is -5.46. The third-order valence-corrected chi connectivity index (χ3v) is 6.93. The number of nitrogens with zero attached hydrogens (tertiary/aromatic N) is 6. The van der Waals surface area contributed by atoms with Crippen molar-refractivity contribution in [1.29, 1.82) is 5.26 Å². The Morgan fingerprint density at radius 1 is 1.02 bits per heavy atom. The first-order valence-corrected chi connectivity index (χ1v) is 14.7. The standard InChI is InChI=1S/C33H28ClN7O2.C2H6/c1-22-16-26(25-12-14-37-15-13-25)17-29(34)31(22)43-33(39-20-38-27-8-4-23(18-35)5-9-27)30-32(36-2)40-21-41(30)19-24-6-10-28(42-3)11-7-24;1-2/h4-17,21,38H,2,19-20H2,1,3H3;1-2H3/b39-33+;. The molecule has 0 fully saturated rings. The Labute approximate surface area is 268 Å². The van der Waals surface area contributed by atoms with E-state index in [2.05, 4.69) is 33.1 Å². The Bertz CT molecular complexity index is 1770. The number of hydrogen-bond acceptors (Lipinski definition) is 8. The number of aliphatic imine (C=N–C) groups is 2. The van der Waals surface area contributed by atoms with E-state index in [0.717, 1.165) is 33.7 Å². The van der Waals surface area contributed by atoms with E-state index in [4.69, 9.17) is 31.3 Å². The molecule has 0 aliphatic rings. The second-order valence-corrected chi connectivity index (χ2v) is 9.89. The molecule has 1 N–H and O–H groups in total. The van der Waals surface area contributed by atoms with Crippen molar-refractivity contribution in [2.24, 2.45) is 9.98 Å². The Morgan fingerprint density at radius 3 is 2.36 bits per heavy atom. The normalized spacial score (nSPS) is 10.7. The van der Waals surface area contributed by atoms with Gasteiger partial charge >= 0.3 is 0 Å². The number of rotatable bonds is 10. The van der Waals surface area contributed by atoms with Crippen LogP contribution in [0.1, 0.15) is 36.2 Å². The molecule has 5 aromatic rings. The Morgan fingerprint density at radius 2 is 1.73 bits per heavy atom. The van der Waals surface area contributed by atoms with Gasteiger partial charge in [-0.2, -0.15) is 5.26 Å². The van der Waals surface area contributed by atoms with Gasteiger partial charge in [0.1, 0.15) is 12.4 Å². The average molecular weight is 620 g/mol. The molecule has 0 saturated heterocycles. The highest BCUT2D eigenvalue weighted by Gasteiger charge is 2.22. The maximum atomic E-state index is 9.11. The molecule has 0 radical (unpaired) electrons. The molecule has 0 atom stereocenters. The first-order valence-electron chi connectivity index (χ1n) is 14.3. The summed E-state index contributed by atoms with van der Waals surface area (Å²) in [7, 11) is 1.63. The number of ether oxygens (including phenoxy) is 2. The number of nitrogens with one attached hydrogen (secondary N) is 1. The monoisotopic (exact) mass is 619 g/mol. The third kappa shape index (κ3) is 8.13. The van der Waals surface area contributed by atoms with E-state index in [1.54, 1.807) is 38.0 Å². The van der Waals surface area contributed by atoms with E-state index >= 15 is 0 Å². The van der Waals surface area contributed by atoms with Gasteiger partial charge in [0, 0.05) is 24.6 Å². The number of nitriles is 1. The second kappa shape index (κ2) is 15.8. The molecule has 0 amide bonds. The van der Waals surface area contributed by atoms with Crippen molar-refractivity contribution < 1.29 is 9.47 Å². The van der Waals surface area contributed by atoms with E-state index < -0.39 is 0 Å². The smallest absolute Gasteiger partial charge is 0.244 e. The molecule has 45 heavy (non-hydrogen) atoms. The third-order valence-electron chi connectivity index (χ3n) is 6.64. The maximum absolute atomic E-state index is 9.11. The van der Waals surface area contributed by atoms with Crippen LogP contribution in [0.15, 0.2) is 102 Å². The lowest BCUT2D eigenvalue weighted by Crippen LogP contribution is -2.19. The highest BCUT2D eigenvalue weighted by molar-refractivity contribution is 6.32. The van der Waals surface area contributed by atoms with Crippen LogP contribution in [0.4, 0.5) is 11.5 Å². The van der Waals surface area contributed by atoms with Gasteiger partial charge in [0.05, 0.1) is 30.1 Å². The fraction of sp³-hybridized carbons (Fsp3) is 0.171. The highest BCUT2D eigenvalue weighted by atomic mass is 35.5. The maximum Gasteiger partial charge on any atom is 0.244 e. The molecule has 2 heterocycles. The number of aryl methyl sites for hydroxylation is 1. The summed E-state index contributed by atoms with van der Waals surface area (Å²) in [6.07, 6.45) is 5.16. The molecule has 3 aromatic carbocycles. The minimum absolute atomic E-state index is 0.164. The van der Waals surface area contributed by atoms with Gasteiger partial charge in [-0.3, -0.25) is 4.98 Å². The van der Waals surface area contributed by atoms with Crippen LogP contribution in [0, 0.1) is 18.3 Å². The van der Waals surface area contributed by atoms with Crippen LogP contribution in [0.25, 0.3) is 11.1 Å². The van der Waals surface area contributed by atoms with Gasteiger partial charge < -0.3 is 19.4 Å². The number of aromatic nitrogens is 3. The lowest BCUT2D eigenvalue weighted by Gasteiger charge is -2.17. The zero-order chi connectivity index (χ0) is 32.2. The summed E-state index contributed by atoms with van der Waals surface area (Å²) in [6.45, 7) is 10.3. The molecular weight excluding hydrogens is 586 g/mol. The largest absolute Gasteiger partial charge is 0.497 e. The minimum atomic E-state index is 0.164.